The summed E-state index contributed by atoms with van der Waals surface area (Å²) in [4.78, 5) is 33.1. The predicted octanol–water partition coefficient (Wildman–Crippen LogP) is -1.13. The minimum Gasteiger partial charge on any atom is -0.429 e. The molecule has 165 valence electrons. The first-order chi connectivity index (χ1) is 14.8. The van der Waals surface area contributed by atoms with E-state index in [-0.39, 0.29) is 25.7 Å². The molecule has 0 unspecified atom stereocenters. The molecule has 1 radical (unpaired) electrons. The SMILES string of the molecule is CC(C)C[C@H](NC(=O)[C@H](Cc1ccccc1)NC(=O)c1cnccn1)B(O)O.O[B]O. The zero-order valence-corrected chi connectivity index (χ0v) is 17.4. The van der Waals surface area contributed by atoms with Crippen LogP contribution in [0.5, 0.6) is 0 Å². The maximum Gasteiger partial charge on any atom is 0.482 e. The van der Waals surface area contributed by atoms with Crippen LogP contribution in [0.3, 0.4) is 0 Å². The Bertz CT molecular complexity index is 783. The molecule has 0 aliphatic heterocycles. The lowest BCUT2D eigenvalue weighted by Gasteiger charge is -2.24. The van der Waals surface area contributed by atoms with Crippen molar-refractivity contribution in [1.29, 1.82) is 0 Å². The normalized spacial score (nSPS) is 12.1. The molecule has 0 spiro atoms. The summed E-state index contributed by atoms with van der Waals surface area (Å²) < 4.78 is 0. The Morgan fingerprint density at radius 1 is 1.10 bits per heavy atom. The molecule has 0 fully saturated rings. The van der Waals surface area contributed by atoms with E-state index in [2.05, 4.69) is 20.6 Å². The van der Waals surface area contributed by atoms with Crippen molar-refractivity contribution in [3.63, 3.8) is 0 Å². The van der Waals surface area contributed by atoms with Gasteiger partial charge in [-0.15, -0.1) is 0 Å². The summed E-state index contributed by atoms with van der Waals surface area (Å²) in [5, 5.41) is 38.5. The van der Waals surface area contributed by atoms with E-state index in [4.69, 9.17) is 10.0 Å². The number of benzene rings is 1. The van der Waals surface area contributed by atoms with Crippen LogP contribution in [0.2, 0.25) is 0 Å². The number of aromatic nitrogens is 2. The van der Waals surface area contributed by atoms with Gasteiger partial charge in [-0.3, -0.25) is 14.6 Å². The molecule has 2 rings (SSSR count). The summed E-state index contributed by atoms with van der Waals surface area (Å²) in [5.74, 6) is -1.72. The summed E-state index contributed by atoms with van der Waals surface area (Å²) in [6, 6.07) is 8.33. The molecule has 2 atom stereocenters. The van der Waals surface area contributed by atoms with Crippen molar-refractivity contribution in [3.05, 3.63) is 60.2 Å². The summed E-state index contributed by atoms with van der Waals surface area (Å²) >= 11 is 0. The molecule has 31 heavy (non-hydrogen) atoms. The molecule has 0 aliphatic rings. The number of hydrogen-bond donors (Lipinski definition) is 6. The first-order valence-electron chi connectivity index (χ1n) is 9.65. The first-order valence-corrected chi connectivity index (χ1v) is 9.65. The van der Waals surface area contributed by atoms with E-state index in [1.54, 1.807) is 0 Å². The van der Waals surface area contributed by atoms with E-state index >= 15 is 0 Å². The number of nitrogens with zero attached hydrogens (tertiary/aromatic N) is 2. The summed E-state index contributed by atoms with van der Waals surface area (Å²) in [5.41, 5.74) is 0.946. The fourth-order valence-corrected chi connectivity index (χ4v) is 2.75. The molecule has 2 amide bonds. The van der Waals surface area contributed by atoms with Gasteiger partial charge in [0, 0.05) is 18.8 Å². The Hall–Kier alpha value is -2.79. The Balaban J connectivity index is 0.00000151. The molecule has 2 aromatic rings. The minimum atomic E-state index is -1.69. The number of nitrogens with one attached hydrogen (secondary N) is 2. The van der Waals surface area contributed by atoms with Crippen LogP contribution in [0.4, 0.5) is 0 Å². The van der Waals surface area contributed by atoms with Gasteiger partial charge >= 0.3 is 14.8 Å². The van der Waals surface area contributed by atoms with Gasteiger partial charge in [0.2, 0.25) is 5.91 Å². The summed E-state index contributed by atoms with van der Waals surface area (Å²) in [6.07, 6.45) is 4.78. The van der Waals surface area contributed by atoms with Gasteiger partial charge in [-0.2, -0.15) is 0 Å². The third-order valence-electron chi connectivity index (χ3n) is 4.11. The zero-order chi connectivity index (χ0) is 23.2. The smallest absolute Gasteiger partial charge is 0.429 e. The molecule has 10 nitrogen and oxygen atoms in total. The fourth-order valence-electron chi connectivity index (χ4n) is 2.75. The van der Waals surface area contributed by atoms with Gasteiger partial charge in [0.15, 0.2) is 0 Å². The molecular formula is C19H27B2N4O6. The Morgan fingerprint density at radius 3 is 2.26 bits per heavy atom. The molecule has 0 aliphatic carbocycles. The van der Waals surface area contributed by atoms with Crippen LogP contribution in [0.25, 0.3) is 0 Å². The van der Waals surface area contributed by atoms with Crippen LogP contribution in [0.1, 0.15) is 36.3 Å². The summed E-state index contributed by atoms with van der Waals surface area (Å²) in [7, 11) is -1.69. The van der Waals surface area contributed by atoms with Crippen LogP contribution < -0.4 is 10.6 Å². The predicted molar refractivity (Wildman–Crippen MR) is 115 cm³/mol. The van der Waals surface area contributed by atoms with Crippen LogP contribution >= 0.6 is 0 Å². The van der Waals surface area contributed by atoms with Gasteiger partial charge in [-0.1, -0.05) is 44.2 Å². The maximum absolute atomic E-state index is 12.8. The first kappa shape index (κ1) is 26.2. The lowest BCUT2D eigenvalue weighted by atomic mass is 9.75. The van der Waals surface area contributed by atoms with Crippen molar-refractivity contribution in [2.75, 3.05) is 0 Å². The second-order valence-electron chi connectivity index (χ2n) is 7.08. The molecule has 1 aromatic heterocycles. The molecule has 1 aromatic carbocycles. The van der Waals surface area contributed by atoms with Gasteiger partial charge in [0.05, 0.1) is 12.1 Å². The lowest BCUT2D eigenvalue weighted by Crippen LogP contribution is -2.55. The van der Waals surface area contributed by atoms with E-state index in [0.29, 0.717) is 6.42 Å². The van der Waals surface area contributed by atoms with E-state index in [1.807, 2.05) is 44.2 Å². The second kappa shape index (κ2) is 14.3. The highest BCUT2D eigenvalue weighted by Gasteiger charge is 2.30. The average Bonchev–Trinajstić information content (AvgIpc) is 2.74. The van der Waals surface area contributed by atoms with Crippen LogP contribution in [0, 0.1) is 5.92 Å². The highest BCUT2D eigenvalue weighted by molar-refractivity contribution is 6.43. The molecule has 6 N–H and O–H groups in total. The monoisotopic (exact) mass is 429 g/mol. The third kappa shape index (κ3) is 10.2. The van der Waals surface area contributed by atoms with Crippen LogP contribution in [0.15, 0.2) is 48.9 Å². The fraction of sp³-hybridized carbons (Fsp3) is 0.368. The quantitative estimate of drug-likeness (QED) is 0.273. The van der Waals surface area contributed by atoms with E-state index in [9.17, 15) is 19.6 Å². The topological polar surface area (TPSA) is 165 Å². The van der Waals surface area contributed by atoms with Gasteiger partial charge < -0.3 is 30.7 Å². The minimum absolute atomic E-state index is 0. The van der Waals surface area contributed by atoms with Crippen molar-refractivity contribution in [3.8, 4) is 0 Å². The number of carbonyl (C=O) groups excluding carboxylic acids is 2. The van der Waals surface area contributed by atoms with Crippen molar-refractivity contribution in [1.82, 2.24) is 20.6 Å². The van der Waals surface area contributed by atoms with Crippen molar-refractivity contribution < 1.29 is 29.7 Å². The molecule has 0 saturated carbocycles. The number of amides is 2. The van der Waals surface area contributed by atoms with Crippen LogP contribution in [-0.4, -0.2) is 68.7 Å². The van der Waals surface area contributed by atoms with E-state index in [0.717, 1.165) is 5.56 Å². The molecule has 0 bridgehead atoms. The molecule has 0 saturated heterocycles. The molecule has 12 heteroatoms. The number of carbonyl (C=O) groups is 2. The number of hydrogen-bond acceptors (Lipinski definition) is 8. The maximum atomic E-state index is 12.8. The van der Waals surface area contributed by atoms with Crippen molar-refractivity contribution >= 4 is 26.6 Å². The van der Waals surface area contributed by atoms with E-state index in [1.165, 1.54) is 18.6 Å². The Kier molecular flexibility index (Phi) is 12.1. The highest BCUT2D eigenvalue weighted by atomic mass is 16.4. The third-order valence-corrected chi connectivity index (χ3v) is 4.11. The molecule has 1 heterocycles. The van der Waals surface area contributed by atoms with Gasteiger partial charge in [0.1, 0.15) is 11.7 Å². The summed E-state index contributed by atoms with van der Waals surface area (Å²) in [6.45, 7) is 3.83. The average molecular weight is 429 g/mol. The number of rotatable bonds is 9. The molecular weight excluding hydrogens is 402 g/mol. The second-order valence-corrected chi connectivity index (χ2v) is 7.08. The van der Waals surface area contributed by atoms with Crippen molar-refractivity contribution in [2.24, 2.45) is 5.92 Å². The van der Waals surface area contributed by atoms with Gasteiger partial charge in [0.25, 0.3) is 5.91 Å². The highest BCUT2D eigenvalue weighted by Crippen LogP contribution is 2.09. The largest absolute Gasteiger partial charge is 0.482 e. The van der Waals surface area contributed by atoms with Crippen LogP contribution in [-0.2, 0) is 11.2 Å². The van der Waals surface area contributed by atoms with Gasteiger partial charge in [-0.05, 0) is 17.9 Å². The Labute approximate surface area is 182 Å². The standard InChI is InChI=1S/C19H25BN4O4.BH2O2/c1-13(2)10-17(20(27)28)24-18(25)15(11-14-6-4-3-5-7-14)23-19(26)16-12-21-8-9-22-16;2-1-3/h3-9,12-13,15,17,27-28H,10-11H2,1-2H3,(H,23,26)(H,24,25);2-3H/t15-,17-;/m0./s1. The zero-order valence-electron chi connectivity index (χ0n) is 17.4. The lowest BCUT2D eigenvalue weighted by molar-refractivity contribution is -0.123. The van der Waals surface area contributed by atoms with Gasteiger partial charge in [-0.25, -0.2) is 4.98 Å². The Morgan fingerprint density at radius 2 is 1.74 bits per heavy atom. The van der Waals surface area contributed by atoms with E-state index < -0.39 is 30.9 Å². The van der Waals surface area contributed by atoms with Crippen molar-refractivity contribution in [2.45, 2.75) is 38.7 Å².